The van der Waals surface area contributed by atoms with E-state index in [0.29, 0.717) is 0 Å². The second-order valence-electron chi connectivity index (χ2n) is 4.69. The molecule has 4 N–H and O–H groups in total. The topological polar surface area (TPSA) is 52.0 Å². The molecule has 0 saturated heterocycles. The zero-order chi connectivity index (χ0) is 13.2. The fourth-order valence-corrected chi connectivity index (χ4v) is 2.43. The van der Waals surface area contributed by atoms with Crippen molar-refractivity contribution in [3.63, 3.8) is 0 Å². The lowest BCUT2D eigenvalue weighted by molar-refractivity contribution is 0.561. The van der Waals surface area contributed by atoms with E-state index in [2.05, 4.69) is 19.9 Å². The molecule has 0 aromatic heterocycles. The van der Waals surface area contributed by atoms with Crippen LogP contribution in [-0.4, -0.2) is 0 Å². The Morgan fingerprint density at radius 3 is 2.22 bits per heavy atom. The molecule has 2 aromatic carbocycles. The Balaban J connectivity index is 2.58. The van der Waals surface area contributed by atoms with Gasteiger partial charge in [0.05, 0.1) is 0 Å². The molecule has 0 heterocycles. The molecule has 94 valence electrons. The maximum absolute atomic E-state index is 6.38. The highest BCUT2D eigenvalue weighted by Crippen LogP contribution is 2.27. The minimum absolute atomic E-state index is 0.932. The van der Waals surface area contributed by atoms with Crippen molar-refractivity contribution in [2.45, 2.75) is 25.9 Å². The van der Waals surface area contributed by atoms with Gasteiger partial charge in [-0.2, -0.15) is 0 Å². The van der Waals surface area contributed by atoms with Gasteiger partial charge in [-0.1, -0.05) is 55.5 Å². The van der Waals surface area contributed by atoms with Gasteiger partial charge in [-0.3, -0.25) is 0 Å². The highest BCUT2D eigenvalue weighted by atomic mass is 15.0. The van der Waals surface area contributed by atoms with Gasteiger partial charge in [-0.05, 0) is 35.6 Å². The molecule has 2 aromatic rings. The van der Waals surface area contributed by atoms with Crippen molar-refractivity contribution in [3.8, 4) is 0 Å². The van der Waals surface area contributed by atoms with Crippen molar-refractivity contribution in [2.75, 3.05) is 0 Å². The Morgan fingerprint density at radius 2 is 1.61 bits per heavy atom. The van der Waals surface area contributed by atoms with Crippen LogP contribution in [0.25, 0.3) is 0 Å². The van der Waals surface area contributed by atoms with Gasteiger partial charge in [0.15, 0.2) is 0 Å². The highest BCUT2D eigenvalue weighted by Gasteiger charge is 2.26. The van der Waals surface area contributed by atoms with Gasteiger partial charge in [-0.25, -0.2) is 0 Å². The average Bonchev–Trinajstić information content (AvgIpc) is 2.39. The van der Waals surface area contributed by atoms with Gasteiger partial charge in [0.2, 0.25) is 0 Å². The molecule has 0 fully saturated rings. The van der Waals surface area contributed by atoms with Crippen LogP contribution in [0.3, 0.4) is 0 Å². The van der Waals surface area contributed by atoms with Gasteiger partial charge >= 0.3 is 0 Å². The molecule has 0 aliphatic rings. The maximum Gasteiger partial charge on any atom is 0.117 e. The van der Waals surface area contributed by atoms with Crippen LogP contribution in [0.1, 0.15) is 29.2 Å². The second kappa shape index (κ2) is 4.92. The summed E-state index contributed by atoms with van der Waals surface area (Å²) in [6.45, 7) is 4.23. The third-order valence-electron chi connectivity index (χ3n) is 3.46. The summed E-state index contributed by atoms with van der Waals surface area (Å²) >= 11 is 0. The van der Waals surface area contributed by atoms with Crippen LogP contribution in [0.2, 0.25) is 0 Å². The van der Waals surface area contributed by atoms with Crippen LogP contribution in [0, 0.1) is 6.92 Å². The van der Waals surface area contributed by atoms with Gasteiger partial charge < -0.3 is 11.5 Å². The van der Waals surface area contributed by atoms with E-state index in [4.69, 9.17) is 11.5 Å². The normalized spacial score (nSPS) is 11.6. The first kappa shape index (κ1) is 12.8. The molecular weight excluding hydrogens is 220 g/mol. The van der Waals surface area contributed by atoms with E-state index in [-0.39, 0.29) is 0 Å². The fraction of sp³-hybridized carbons (Fsp3) is 0.250. The second-order valence-corrected chi connectivity index (χ2v) is 4.69. The standard InChI is InChI=1S/C16H20N2/c1-3-14-12(2)8-7-11-15(14)16(17,18)13-9-5-4-6-10-13/h4-11H,3,17-18H2,1-2H3. The van der Waals surface area contributed by atoms with E-state index in [1.807, 2.05) is 42.5 Å². The summed E-state index contributed by atoms with van der Waals surface area (Å²) < 4.78 is 0. The molecule has 0 aliphatic heterocycles. The first-order valence-corrected chi connectivity index (χ1v) is 6.29. The molecule has 2 rings (SSSR count). The van der Waals surface area contributed by atoms with E-state index in [0.717, 1.165) is 17.5 Å². The van der Waals surface area contributed by atoms with Crippen LogP contribution in [0.4, 0.5) is 0 Å². The molecule has 0 radical (unpaired) electrons. The lowest BCUT2D eigenvalue weighted by Crippen LogP contribution is -2.47. The van der Waals surface area contributed by atoms with Gasteiger partial charge in [0.25, 0.3) is 0 Å². The quantitative estimate of drug-likeness (QED) is 0.810. The minimum atomic E-state index is -0.932. The first-order valence-electron chi connectivity index (χ1n) is 6.29. The van der Waals surface area contributed by atoms with Gasteiger partial charge in [0, 0.05) is 0 Å². The third kappa shape index (κ3) is 2.17. The molecule has 0 bridgehead atoms. The Hall–Kier alpha value is -1.64. The number of rotatable bonds is 3. The summed E-state index contributed by atoms with van der Waals surface area (Å²) in [6.07, 6.45) is 0.936. The molecular formula is C16H20N2. The Labute approximate surface area is 109 Å². The zero-order valence-corrected chi connectivity index (χ0v) is 11.0. The van der Waals surface area contributed by atoms with Crippen molar-refractivity contribution < 1.29 is 0 Å². The highest BCUT2D eigenvalue weighted by molar-refractivity contribution is 5.44. The number of hydrogen-bond donors (Lipinski definition) is 2. The molecule has 0 aliphatic carbocycles. The first-order chi connectivity index (χ1) is 8.57. The summed E-state index contributed by atoms with van der Waals surface area (Å²) in [4.78, 5) is 0. The van der Waals surface area contributed by atoms with E-state index >= 15 is 0 Å². The van der Waals surface area contributed by atoms with Crippen molar-refractivity contribution in [1.29, 1.82) is 0 Å². The Morgan fingerprint density at radius 1 is 0.944 bits per heavy atom. The smallest absolute Gasteiger partial charge is 0.117 e. The summed E-state index contributed by atoms with van der Waals surface area (Å²) in [5.74, 6) is 0. The zero-order valence-electron chi connectivity index (χ0n) is 11.0. The van der Waals surface area contributed by atoms with E-state index in [1.165, 1.54) is 11.1 Å². The van der Waals surface area contributed by atoms with Crippen LogP contribution in [0.5, 0.6) is 0 Å². The molecule has 0 unspecified atom stereocenters. The van der Waals surface area contributed by atoms with E-state index in [9.17, 15) is 0 Å². The van der Waals surface area contributed by atoms with Crippen molar-refractivity contribution in [2.24, 2.45) is 11.5 Å². The van der Waals surface area contributed by atoms with Crippen LogP contribution < -0.4 is 11.5 Å². The number of aryl methyl sites for hydroxylation is 1. The number of nitrogens with two attached hydrogens (primary N) is 2. The third-order valence-corrected chi connectivity index (χ3v) is 3.46. The number of benzene rings is 2. The molecule has 0 saturated carbocycles. The average molecular weight is 240 g/mol. The summed E-state index contributed by atoms with van der Waals surface area (Å²) in [5, 5.41) is 0. The summed E-state index contributed by atoms with van der Waals surface area (Å²) in [5.41, 5.74) is 16.3. The van der Waals surface area contributed by atoms with E-state index in [1.54, 1.807) is 0 Å². The molecule has 0 amide bonds. The van der Waals surface area contributed by atoms with Gasteiger partial charge in [-0.15, -0.1) is 0 Å². The number of hydrogen-bond acceptors (Lipinski definition) is 2. The molecule has 2 heteroatoms. The Kier molecular flexibility index (Phi) is 3.50. The lowest BCUT2D eigenvalue weighted by Gasteiger charge is -2.28. The van der Waals surface area contributed by atoms with E-state index < -0.39 is 5.66 Å². The predicted molar refractivity (Wildman–Crippen MR) is 76.2 cm³/mol. The largest absolute Gasteiger partial charge is 0.306 e. The Bertz CT molecular complexity index is 530. The van der Waals surface area contributed by atoms with Crippen LogP contribution >= 0.6 is 0 Å². The van der Waals surface area contributed by atoms with Crippen LogP contribution in [-0.2, 0) is 12.1 Å². The monoisotopic (exact) mass is 240 g/mol. The summed E-state index contributed by atoms with van der Waals surface area (Å²) in [6, 6.07) is 16.0. The summed E-state index contributed by atoms with van der Waals surface area (Å²) in [7, 11) is 0. The van der Waals surface area contributed by atoms with Crippen molar-refractivity contribution in [3.05, 3.63) is 70.8 Å². The van der Waals surface area contributed by atoms with Crippen LogP contribution in [0.15, 0.2) is 48.5 Å². The molecule has 0 spiro atoms. The van der Waals surface area contributed by atoms with Crippen molar-refractivity contribution >= 4 is 0 Å². The molecule has 18 heavy (non-hydrogen) atoms. The fourth-order valence-electron chi connectivity index (χ4n) is 2.43. The molecule has 0 atom stereocenters. The van der Waals surface area contributed by atoms with Crippen molar-refractivity contribution in [1.82, 2.24) is 0 Å². The SMILES string of the molecule is CCc1c(C)cccc1C(N)(N)c1ccccc1. The predicted octanol–water partition coefficient (Wildman–Crippen LogP) is 2.68. The lowest BCUT2D eigenvalue weighted by atomic mass is 9.86. The molecule has 2 nitrogen and oxygen atoms in total. The van der Waals surface area contributed by atoms with Gasteiger partial charge in [0.1, 0.15) is 5.66 Å². The maximum atomic E-state index is 6.38. The minimum Gasteiger partial charge on any atom is -0.306 e.